The molecule has 0 aromatic heterocycles. The van der Waals surface area contributed by atoms with Crippen molar-refractivity contribution in [3.63, 3.8) is 0 Å². The van der Waals surface area contributed by atoms with Gasteiger partial charge in [0.1, 0.15) is 0 Å². The van der Waals surface area contributed by atoms with Crippen LogP contribution in [0, 0.1) is 0 Å². The molecule has 0 saturated heterocycles. The van der Waals surface area contributed by atoms with Crippen molar-refractivity contribution in [2.45, 2.75) is 25.5 Å². The largest absolute Gasteiger partial charge is 0.107 e. The molecule has 0 aliphatic rings. The van der Waals surface area contributed by atoms with Crippen LogP contribution in [0.2, 0.25) is 0 Å². The molecule has 0 radical (unpaired) electrons. The molecule has 0 bridgehead atoms. The van der Waals surface area contributed by atoms with Crippen molar-refractivity contribution in [1.29, 1.82) is 0 Å². The maximum Gasteiger partial charge on any atom is 0.0853 e. The molecule has 0 aromatic rings. The molecule has 0 atom stereocenters. The summed E-state index contributed by atoms with van der Waals surface area (Å²) in [6.45, 7) is 6.25. The molecule has 0 aliphatic heterocycles. The standard InChI is InChI=1S/C6H10Cl2S/c1-6(2,3)9-5(8)4-7/h4H,1-3H3/b5-4+. The van der Waals surface area contributed by atoms with Gasteiger partial charge >= 0.3 is 0 Å². The van der Waals surface area contributed by atoms with Crippen LogP contribution in [0.15, 0.2) is 9.90 Å². The molecular weight excluding hydrogens is 175 g/mol. The van der Waals surface area contributed by atoms with E-state index in [0.717, 1.165) is 0 Å². The lowest BCUT2D eigenvalue weighted by Gasteiger charge is -2.15. The van der Waals surface area contributed by atoms with Gasteiger partial charge in [-0.05, 0) is 0 Å². The number of hydrogen-bond donors (Lipinski definition) is 0. The maximum atomic E-state index is 5.64. The van der Waals surface area contributed by atoms with Crippen LogP contribution in [0.25, 0.3) is 0 Å². The van der Waals surface area contributed by atoms with Crippen LogP contribution in [-0.2, 0) is 0 Å². The van der Waals surface area contributed by atoms with Crippen molar-refractivity contribution >= 4 is 35.0 Å². The Balaban J connectivity index is 3.75. The highest BCUT2D eigenvalue weighted by molar-refractivity contribution is 8.05. The quantitative estimate of drug-likeness (QED) is 0.598. The summed E-state index contributed by atoms with van der Waals surface area (Å²) >= 11 is 12.5. The highest BCUT2D eigenvalue weighted by atomic mass is 35.5. The Bertz CT molecular complexity index is 113. The zero-order valence-corrected chi connectivity index (χ0v) is 8.07. The molecule has 0 aliphatic carbocycles. The van der Waals surface area contributed by atoms with E-state index in [-0.39, 0.29) is 4.75 Å². The zero-order chi connectivity index (χ0) is 7.49. The van der Waals surface area contributed by atoms with Crippen molar-refractivity contribution < 1.29 is 0 Å². The topological polar surface area (TPSA) is 0 Å². The molecular formula is C6H10Cl2S. The summed E-state index contributed by atoms with van der Waals surface area (Å²) in [6.07, 6.45) is 0. The number of rotatable bonds is 1. The highest BCUT2D eigenvalue weighted by Gasteiger charge is 2.11. The van der Waals surface area contributed by atoms with Crippen LogP contribution in [0.4, 0.5) is 0 Å². The molecule has 3 heteroatoms. The fraction of sp³-hybridized carbons (Fsp3) is 0.667. The normalized spacial score (nSPS) is 14.1. The minimum atomic E-state index is 0.155. The molecule has 9 heavy (non-hydrogen) atoms. The molecule has 0 heterocycles. The monoisotopic (exact) mass is 184 g/mol. The summed E-state index contributed by atoms with van der Waals surface area (Å²) in [4.78, 5) is 0. The number of hydrogen-bond acceptors (Lipinski definition) is 1. The highest BCUT2D eigenvalue weighted by Crippen LogP contribution is 2.33. The minimum absolute atomic E-state index is 0.155. The van der Waals surface area contributed by atoms with Crippen LogP contribution >= 0.6 is 35.0 Å². The average Bonchev–Trinajstić information content (AvgIpc) is 1.62. The Morgan fingerprint density at radius 3 is 2.00 bits per heavy atom. The molecule has 0 N–H and O–H groups in total. The third-order valence-corrected chi connectivity index (χ3v) is 2.21. The van der Waals surface area contributed by atoms with E-state index in [2.05, 4.69) is 20.8 Å². The summed E-state index contributed by atoms with van der Waals surface area (Å²) in [7, 11) is 0. The molecule has 0 nitrogen and oxygen atoms in total. The summed E-state index contributed by atoms with van der Waals surface area (Å²) in [5.41, 5.74) is 1.39. The van der Waals surface area contributed by atoms with Crippen molar-refractivity contribution in [1.82, 2.24) is 0 Å². The fourth-order valence-electron chi connectivity index (χ4n) is 0.315. The van der Waals surface area contributed by atoms with E-state index in [9.17, 15) is 0 Å². The third-order valence-electron chi connectivity index (χ3n) is 0.489. The molecule has 0 aromatic carbocycles. The van der Waals surface area contributed by atoms with E-state index in [1.807, 2.05) is 0 Å². The minimum Gasteiger partial charge on any atom is -0.107 e. The average molecular weight is 185 g/mol. The van der Waals surface area contributed by atoms with E-state index in [1.165, 1.54) is 5.54 Å². The second-order valence-corrected chi connectivity index (χ2v) is 5.35. The molecule has 0 unspecified atom stereocenters. The van der Waals surface area contributed by atoms with Crippen molar-refractivity contribution in [3.05, 3.63) is 9.90 Å². The first kappa shape index (κ1) is 9.67. The third kappa shape index (κ3) is 6.56. The molecule has 0 amide bonds. The Labute approximate surface area is 70.6 Å². The lowest BCUT2D eigenvalue weighted by Crippen LogP contribution is -2.05. The molecule has 0 saturated carbocycles. The first-order chi connectivity index (χ1) is 3.95. The van der Waals surface area contributed by atoms with E-state index in [4.69, 9.17) is 23.2 Å². The maximum absolute atomic E-state index is 5.64. The van der Waals surface area contributed by atoms with E-state index in [1.54, 1.807) is 11.8 Å². The van der Waals surface area contributed by atoms with Crippen LogP contribution in [-0.4, -0.2) is 4.75 Å². The van der Waals surface area contributed by atoms with E-state index in [0.29, 0.717) is 4.36 Å². The Kier molecular flexibility index (Phi) is 4.02. The second kappa shape index (κ2) is 3.75. The number of halogens is 2. The Hall–Kier alpha value is 0.670. The van der Waals surface area contributed by atoms with Gasteiger partial charge in [-0.1, -0.05) is 44.0 Å². The first-order valence-corrected chi connectivity index (χ1v) is 4.24. The number of thioether (sulfide) groups is 1. The van der Waals surface area contributed by atoms with Crippen LogP contribution in [0.5, 0.6) is 0 Å². The summed E-state index contributed by atoms with van der Waals surface area (Å²) in [5.74, 6) is 0. The van der Waals surface area contributed by atoms with Gasteiger partial charge in [0.25, 0.3) is 0 Å². The van der Waals surface area contributed by atoms with Gasteiger partial charge < -0.3 is 0 Å². The van der Waals surface area contributed by atoms with Crippen molar-refractivity contribution in [2.24, 2.45) is 0 Å². The molecule has 0 rings (SSSR count). The van der Waals surface area contributed by atoms with E-state index >= 15 is 0 Å². The lowest BCUT2D eigenvalue weighted by molar-refractivity contribution is 0.807. The van der Waals surface area contributed by atoms with E-state index < -0.39 is 0 Å². The Morgan fingerprint density at radius 2 is 1.89 bits per heavy atom. The predicted octanol–water partition coefficient (Wildman–Crippen LogP) is 3.79. The van der Waals surface area contributed by atoms with Gasteiger partial charge in [0.05, 0.1) is 4.36 Å². The lowest BCUT2D eigenvalue weighted by atomic mass is 10.3. The van der Waals surface area contributed by atoms with Gasteiger partial charge in [-0.2, -0.15) is 0 Å². The zero-order valence-electron chi connectivity index (χ0n) is 5.74. The second-order valence-electron chi connectivity index (χ2n) is 2.63. The van der Waals surface area contributed by atoms with Gasteiger partial charge in [-0.25, -0.2) is 0 Å². The fourth-order valence-corrected chi connectivity index (χ4v) is 1.77. The summed E-state index contributed by atoms with van der Waals surface area (Å²) in [6, 6.07) is 0. The summed E-state index contributed by atoms with van der Waals surface area (Å²) < 4.78 is 0.798. The first-order valence-electron chi connectivity index (χ1n) is 2.60. The van der Waals surface area contributed by atoms with Crippen LogP contribution in [0.3, 0.4) is 0 Å². The van der Waals surface area contributed by atoms with Gasteiger partial charge in [-0.15, -0.1) is 11.8 Å². The van der Waals surface area contributed by atoms with Gasteiger partial charge in [0, 0.05) is 10.3 Å². The van der Waals surface area contributed by atoms with Gasteiger partial charge in [0.2, 0.25) is 0 Å². The van der Waals surface area contributed by atoms with Crippen molar-refractivity contribution in [3.8, 4) is 0 Å². The smallest absolute Gasteiger partial charge is 0.0853 e. The van der Waals surface area contributed by atoms with Crippen molar-refractivity contribution in [2.75, 3.05) is 0 Å². The van der Waals surface area contributed by atoms with Crippen LogP contribution < -0.4 is 0 Å². The molecule has 0 spiro atoms. The molecule has 0 fully saturated rings. The predicted molar refractivity (Wildman–Crippen MR) is 47.1 cm³/mol. The van der Waals surface area contributed by atoms with Gasteiger partial charge in [-0.3, -0.25) is 0 Å². The summed E-state index contributed by atoms with van der Waals surface area (Å²) in [5, 5.41) is 0. The SMILES string of the molecule is CC(C)(C)S/C(Cl)=C/Cl. The van der Waals surface area contributed by atoms with Crippen LogP contribution in [0.1, 0.15) is 20.8 Å². The van der Waals surface area contributed by atoms with Gasteiger partial charge in [0.15, 0.2) is 0 Å². The Morgan fingerprint density at radius 1 is 1.44 bits per heavy atom. The molecule has 54 valence electrons.